The third kappa shape index (κ3) is 4.57. The number of rotatable bonds is 4. The zero-order valence-electron chi connectivity index (χ0n) is 21.1. The van der Waals surface area contributed by atoms with Gasteiger partial charge < -0.3 is 24.6 Å². The number of morpholine rings is 1. The standard InChI is InChI=1S/C27H29N5O5S/c1-19-5-6-23-21(16-19)29-27(33)20-17-25(38(34,35)32-12-14-36-15-13-32)22(18-24(20)37-23)30-8-10-31(11-9-30)26-4-2-3-7-28-26/h2-7,16-18H,8-15H2,1H3,(H,29,33). The van der Waals surface area contributed by atoms with Gasteiger partial charge in [0.2, 0.25) is 10.0 Å². The number of ether oxygens (including phenoxy) is 2. The molecule has 0 unspecified atom stereocenters. The van der Waals surface area contributed by atoms with Crippen LogP contribution in [0.25, 0.3) is 0 Å². The number of anilines is 3. The number of benzene rings is 2. The lowest BCUT2D eigenvalue weighted by atomic mass is 10.1. The van der Waals surface area contributed by atoms with Crippen molar-refractivity contribution in [3.63, 3.8) is 0 Å². The molecular weight excluding hydrogens is 506 g/mol. The second-order valence-electron chi connectivity index (χ2n) is 9.55. The first-order valence-electron chi connectivity index (χ1n) is 12.7. The van der Waals surface area contributed by atoms with Crippen molar-refractivity contribution >= 4 is 33.1 Å². The van der Waals surface area contributed by atoms with Gasteiger partial charge in [-0.1, -0.05) is 12.1 Å². The first-order chi connectivity index (χ1) is 18.4. The summed E-state index contributed by atoms with van der Waals surface area (Å²) in [6.45, 7) is 5.65. The molecule has 3 aromatic rings. The summed E-state index contributed by atoms with van der Waals surface area (Å²) in [4.78, 5) is 22.1. The van der Waals surface area contributed by atoms with Crippen molar-refractivity contribution in [2.75, 3.05) is 67.6 Å². The van der Waals surface area contributed by atoms with E-state index in [9.17, 15) is 13.2 Å². The van der Waals surface area contributed by atoms with E-state index in [1.165, 1.54) is 10.4 Å². The summed E-state index contributed by atoms with van der Waals surface area (Å²) in [6.07, 6.45) is 1.77. The van der Waals surface area contributed by atoms with Crippen LogP contribution in [0.2, 0.25) is 0 Å². The highest BCUT2D eigenvalue weighted by Crippen LogP contribution is 2.41. The third-order valence-electron chi connectivity index (χ3n) is 7.09. The number of fused-ring (bicyclic) bond motifs is 2. The number of amides is 1. The van der Waals surface area contributed by atoms with Gasteiger partial charge in [0.1, 0.15) is 16.5 Å². The maximum Gasteiger partial charge on any atom is 0.259 e. The molecule has 1 aromatic heterocycles. The lowest BCUT2D eigenvalue weighted by molar-refractivity contribution is 0.0730. The van der Waals surface area contributed by atoms with Crippen LogP contribution < -0.4 is 19.9 Å². The Morgan fingerprint density at radius 2 is 1.66 bits per heavy atom. The van der Waals surface area contributed by atoms with E-state index in [-0.39, 0.29) is 23.5 Å². The van der Waals surface area contributed by atoms with Crippen molar-refractivity contribution in [3.8, 4) is 11.5 Å². The summed E-state index contributed by atoms with van der Waals surface area (Å²) in [5, 5.41) is 2.88. The first-order valence-corrected chi connectivity index (χ1v) is 14.1. The molecular formula is C27H29N5O5S. The Labute approximate surface area is 221 Å². The zero-order valence-corrected chi connectivity index (χ0v) is 21.9. The number of hydrogen-bond acceptors (Lipinski definition) is 8. The highest BCUT2D eigenvalue weighted by molar-refractivity contribution is 7.89. The number of carbonyl (C=O) groups excluding carboxylic acids is 1. The van der Waals surface area contributed by atoms with E-state index in [4.69, 9.17) is 9.47 Å². The molecule has 10 nitrogen and oxygen atoms in total. The van der Waals surface area contributed by atoms with E-state index in [1.54, 1.807) is 12.3 Å². The monoisotopic (exact) mass is 535 g/mol. The van der Waals surface area contributed by atoms with Crippen molar-refractivity contribution in [1.82, 2.24) is 9.29 Å². The normalized spacial score (nSPS) is 18.2. The van der Waals surface area contributed by atoms with E-state index in [1.807, 2.05) is 43.3 Å². The van der Waals surface area contributed by atoms with Gasteiger partial charge in [-0.05, 0) is 42.8 Å². The Balaban J connectivity index is 1.40. The number of sulfonamides is 1. The van der Waals surface area contributed by atoms with E-state index in [0.717, 1.165) is 11.4 Å². The van der Waals surface area contributed by atoms with Crippen molar-refractivity contribution in [2.45, 2.75) is 11.8 Å². The van der Waals surface area contributed by atoms with E-state index in [0.29, 0.717) is 62.3 Å². The Morgan fingerprint density at radius 1 is 0.895 bits per heavy atom. The average Bonchev–Trinajstić information content (AvgIpc) is 3.08. The van der Waals surface area contributed by atoms with Crippen LogP contribution in [0.5, 0.6) is 11.5 Å². The second kappa shape index (κ2) is 9.90. The maximum absolute atomic E-state index is 13.9. The lowest BCUT2D eigenvalue weighted by Gasteiger charge is -2.38. The number of carbonyl (C=O) groups is 1. The van der Waals surface area contributed by atoms with Gasteiger partial charge in [0, 0.05) is 51.5 Å². The molecule has 2 aromatic carbocycles. The minimum Gasteiger partial charge on any atom is -0.454 e. The number of aryl methyl sites for hydroxylation is 1. The molecule has 2 saturated heterocycles. The minimum atomic E-state index is -3.90. The zero-order chi connectivity index (χ0) is 26.3. The van der Waals surface area contributed by atoms with Crippen LogP contribution in [0.15, 0.2) is 59.6 Å². The van der Waals surface area contributed by atoms with Crippen LogP contribution in [0.3, 0.4) is 0 Å². The van der Waals surface area contributed by atoms with Crippen molar-refractivity contribution in [2.24, 2.45) is 0 Å². The molecule has 3 aliphatic rings. The molecule has 0 aliphatic carbocycles. The smallest absolute Gasteiger partial charge is 0.259 e. The van der Waals surface area contributed by atoms with Crippen LogP contribution in [0.1, 0.15) is 15.9 Å². The van der Waals surface area contributed by atoms with Gasteiger partial charge >= 0.3 is 0 Å². The molecule has 1 amide bonds. The maximum atomic E-state index is 13.9. The molecule has 4 heterocycles. The molecule has 38 heavy (non-hydrogen) atoms. The Morgan fingerprint density at radius 3 is 2.39 bits per heavy atom. The van der Waals surface area contributed by atoms with Gasteiger partial charge in [0.15, 0.2) is 5.75 Å². The largest absolute Gasteiger partial charge is 0.454 e. The summed E-state index contributed by atoms with van der Waals surface area (Å²) in [7, 11) is -3.90. The Bertz CT molecular complexity index is 1470. The van der Waals surface area contributed by atoms with Crippen LogP contribution in [0, 0.1) is 6.92 Å². The fourth-order valence-corrected chi connectivity index (χ4v) is 6.67. The van der Waals surface area contributed by atoms with Gasteiger partial charge in [-0.3, -0.25) is 4.79 Å². The first kappa shape index (κ1) is 24.7. The van der Waals surface area contributed by atoms with Crippen molar-refractivity contribution in [3.05, 3.63) is 65.9 Å². The predicted molar refractivity (Wildman–Crippen MR) is 144 cm³/mol. The molecule has 6 rings (SSSR count). The second-order valence-corrected chi connectivity index (χ2v) is 11.5. The van der Waals surface area contributed by atoms with Gasteiger partial charge in [-0.15, -0.1) is 0 Å². The molecule has 0 bridgehead atoms. The summed E-state index contributed by atoms with van der Waals surface area (Å²) >= 11 is 0. The Kier molecular flexibility index (Phi) is 6.42. The quantitative estimate of drug-likeness (QED) is 0.544. The fourth-order valence-electron chi connectivity index (χ4n) is 5.05. The van der Waals surface area contributed by atoms with E-state index >= 15 is 0 Å². The van der Waals surface area contributed by atoms with Gasteiger partial charge in [-0.2, -0.15) is 4.31 Å². The van der Waals surface area contributed by atoms with Crippen LogP contribution >= 0.6 is 0 Å². The molecule has 0 saturated carbocycles. The summed E-state index contributed by atoms with van der Waals surface area (Å²) in [6, 6.07) is 14.5. The lowest BCUT2D eigenvalue weighted by Crippen LogP contribution is -2.47. The SMILES string of the molecule is Cc1ccc2c(c1)NC(=O)c1cc(S(=O)(=O)N3CCOCC3)c(N3CCN(c4ccccn4)CC3)cc1O2. The van der Waals surface area contributed by atoms with Crippen LogP contribution in [-0.2, 0) is 14.8 Å². The summed E-state index contributed by atoms with van der Waals surface area (Å²) < 4.78 is 40.9. The molecule has 0 radical (unpaired) electrons. The fraction of sp³-hybridized carbons (Fsp3) is 0.333. The highest BCUT2D eigenvalue weighted by atomic mass is 32.2. The number of piperazine rings is 1. The summed E-state index contributed by atoms with van der Waals surface area (Å²) in [5.41, 5.74) is 2.23. The number of hydrogen-bond donors (Lipinski definition) is 1. The average molecular weight is 536 g/mol. The van der Waals surface area contributed by atoms with E-state index < -0.39 is 15.9 Å². The van der Waals surface area contributed by atoms with Gasteiger partial charge in [0.25, 0.3) is 5.91 Å². The van der Waals surface area contributed by atoms with Crippen molar-refractivity contribution in [1.29, 1.82) is 0 Å². The van der Waals surface area contributed by atoms with Crippen LogP contribution in [-0.4, -0.2) is 76.1 Å². The number of nitrogens with one attached hydrogen (secondary N) is 1. The van der Waals surface area contributed by atoms with Crippen LogP contribution in [0.4, 0.5) is 17.2 Å². The number of aromatic nitrogens is 1. The number of nitrogens with zero attached hydrogens (tertiary/aromatic N) is 4. The molecule has 2 fully saturated rings. The van der Waals surface area contributed by atoms with Gasteiger partial charge in [-0.25, -0.2) is 13.4 Å². The predicted octanol–water partition coefficient (Wildman–Crippen LogP) is 3.10. The molecule has 11 heteroatoms. The van der Waals surface area contributed by atoms with Crippen molar-refractivity contribution < 1.29 is 22.7 Å². The number of pyridine rings is 1. The molecule has 0 spiro atoms. The molecule has 1 N–H and O–H groups in total. The van der Waals surface area contributed by atoms with Gasteiger partial charge in [0.05, 0.1) is 30.2 Å². The topological polar surface area (TPSA) is 104 Å². The Hall–Kier alpha value is -3.67. The highest BCUT2D eigenvalue weighted by Gasteiger charge is 2.34. The minimum absolute atomic E-state index is 0.102. The molecule has 198 valence electrons. The molecule has 0 atom stereocenters. The van der Waals surface area contributed by atoms with E-state index in [2.05, 4.69) is 20.1 Å². The summed E-state index contributed by atoms with van der Waals surface area (Å²) in [5.74, 6) is 1.32. The third-order valence-corrected chi connectivity index (χ3v) is 9.02. The molecule has 3 aliphatic heterocycles.